The van der Waals surface area contributed by atoms with Gasteiger partial charge in [-0.3, -0.25) is 4.79 Å². The maximum absolute atomic E-state index is 13.1. The van der Waals surface area contributed by atoms with Gasteiger partial charge in [0.15, 0.2) is 0 Å². The predicted molar refractivity (Wildman–Crippen MR) is 119 cm³/mol. The van der Waals surface area contributed by atoms with Crippen LogP contribution >= 0.6 is 11.5 Å². The van der Waals surface area contributed by atoms with Crippen molar-refractivity contribution in [1.29, 1.82) is 0 Å². The number of halogens is 1. The first-order valence-corrected chi connectivity index (χ1v) is 10.8. The van der Waals surface area contributed by atoms with Crippen molar-refractivity contribution in [3.8, 4) is 0 Å². The van der Waals surface area contributed by atoms with E-state index in [0.717, 1.165) is 11.1 Å². The summed E-state index contributed by atoms with van der Waals surface area (Å²) in [5, 5.41) is 3.76. The highest BCUT2D eigenvalue weighted by molar-refractivity contribution is 7.09. The maximum Gasteiger partial charge on any atom is 0.239 e. The van der Waals surface area contributed by atoms with E-state index in [-0.39, 0.29) is 24.3 Å². The second kappa shape index (κ2) is 10.3. The summed E-state index contributed by atoms with van der Waals surface area (Å²) in [6, 6.07) is 16.4. The number of nitrogens with zero attached hydrogens (tertiary/aromatic N) is 3. The monoisotopic (exact) mass is 426 g/mol. The fourth-order valence-electron chi connectivity index (χ4n) is 2.86. The van der Waals surface area contributed by atoms with Gasteiger partial charge in [-0.2, -0.15) is 4.37 Å². The van der Waals surface area contributed by atoms with E-state index < -0.39 is 0 Å². The molecule has 1 heterocycles. The van der Waals surface area contributed by atoms with Gasteiger partial charge in [0.2, 0.25) is 11.0 Å². The van der Waals surface area contributed by atoms with Crippen LogP contribution in [0.2, 0.25) is 0 Å². The van der Waals surface area contributed by atoms with Crippen LogP contribution in [0.1, 0.15) is 37.7 Å². The Morgan fingerprint density at radius 2 is 1.77 bits per heavy atom. The topological polar surface area (TPSA) is 58.1 Å². The molecule has 0 spiro atoms. The summed E-state index contributed by atoms with van der Waals surface area (Å²) in [5.41, 5.74) is 2.04. The Morgan fingerprint density at radius 1 is 1.07 bits per heavy atom. The molecule has 7 heteroatoms. The number of aromatic nitrogens is 2. The van der Waals surface area contributed by atoms with Gasteiger partial charge in [0.25, 0.3) is 0 Å². The number of rotatable bonds is 9. The molecule has 0 saturated heterocycles. The van der Waals surface area contributed by atoms with E-state index >= 15 is 0 Å². The molecule has 0 aliphatic rings. The van der Waals surface area contributed by atoms with Crippen LogP contribution < -0.4 is 10.2 Å². The molecular formula is C23H27FN4OS. The molecule has 0 radical (unpaired) electrons. The summed E-state index contributed by atoms with van der Waals surface area (Å²) in [6.07, 6.45) is 0.520. The molecule has 0 aliphatic carbocycles. The van der Waals surface area contributed by atoms with Gasteiger partial charge in [0.1, 0.15) is 11.6 Å². The van der Waals surface area contributed by atoms with Gasteiger partial charge in [-0.05, 0) is 36.1 Å². The van der Waals surface area contributed by atoms with E-state index in [1.54, 1.807) is 12.1 Å². The van der Waals surface area contributed by atoms with Crippen LogP contribution in [0.4, 0.5) is 9.52 Å². The van der Waals surface area contributed by atoms with Crippen molar-refractivity contribution < 1.29 is 9.18 Å². The molecule has 0 aliphatic heterocycles. The van der Waals surface area contributed by atoms with E-state index in [1.165, 1.54) is 23.7 Å². The van der Waals surface area contributed by atoms with Crippen molar-refractivity contribution in [2.24, 2.45) is 5.92 Å². The summed E-state index contributed by atoms with van der Waals surface area (Å²) in [4.78, 5) is 19.2. The smallest absolute Gasteiger partial charge is 0.239 e. The number of anilines is 1. The molecule has 1 amide bonds. The Balaban J connectivity index is 1.75. The first-order valence-electron chi connectivity index (χ1n) is 10.1. The van der Waals surface area contributed by atoms with Crippen molar-refractivity contribution in [2.75, 3.05) is 11.4 Å². The van der Waals surface area contributed by atoms with Crippen molar-refractivity contribution in [2.45, 2.75) is 39.8 Å². The molecule has 0 saturated carbocycles. The second-order valence-electron chi connectivity index (χ2n) is 7.74. The lowest BCUT2D eigenvalue weighted by atomic mass is 10.1. The van der Waals surface area contributed by atoms with Gasteiger partial charge in [-0.25, -0.2) is 9.37 Å². The molecule has 1 atom stereocenters. The zero-order valence-electron chi connectivity index (χ0n) is 17.5. The fourth-order valence-corrected chi connectivity index (χ4v) is 3.55. The molecule has 5 nitrogen and oxygen atoms in total. The van der Waals surface area contributed by atoms with Gasteiger partial charge >= 0.3 is 0 Å². The molecule has 3 rings (SSSR count). The second-order valence-corrected chi connectivity index (χ2v) is 8.47. The van der Waals surface area contributed by atoms with Gasteiger partial charge in [0, 0.05) is 30.5 Å². The lowest BCUT2D eigenvalue weighted by Crippen LogP contribution is -2.42. The molecule has 3 aromatic rings. The molecule has 1 N–H and O–H groups in total. The number of carbonyl (C=O) groups excluding carboxylic acids is 1. The van der Waals surface area contributed by atoms with Crippen molar-refractivity contribution in [3.05, 3.63) is 77.4 Å². The van der Waals surface area contributed by atoms with Crippen LogP contribution in [0, 0.1) is 11.7 Å². The number of hydrogen-bond donors (Lipinski definition) is 1. The highest BCUT2D eigenvalue weighted by Crippen LogP contribution is 2.21. The standard InChI is InChI=1S/C23H27FN4OS/c1-16(2)17(3)25-22(29)15-28(14-19-7-5-4-6-8-19)23-26-21(27-30-23)13-18-9-11-20(24)12-10-18/h4-12,16-17H,13-15H2,1-3H3,(H,25,29). The summed E-state index contributed by atoms with van der Waals surface area (Å²) in [5.74, 6) is 0.722. The quantitative estimate of drug-likeness (QED) is 0.550. The van der Waals surface area contributed by atoms with Crippen molar-refractivity contribution >= 4 is 22.6 Å². The van der Waals surface area contributed by atoms with Gasteiger partial charge in [0.05, 0.1) is 6.54 Å². The van der Waals surface area contributed by atoms with E-state index in [1.807, 2.05) is 42.2 Å². The maximum atomic E-state index is 13.1. The normalized spacial score (nSPS) is 12.0. The lowest BCUT2D eigenvalue weighted by molar-refractivity contribution is -0.120. The van der Waals surface area contributed by atoms with Crippen LogP contribution in [-0.2, 0) is 17.8 Å². The average molecular weight is 427 g/mol. The highest BCUT2D eigenvalue weighted by atomic mass is 32.1. The highest BCUT2D eigenvalue weighted by Gasteiger charge is 2.19. The van der Waals surface area contributed by atoms with E-state index in [9.17, 15) is 9.18 Å². The van der Waals surface area contributed by atoms with E-state index in [4.69, 9.17) is 0 Å². The van der Waals surface area contributed by atoms with Crippen LogP contribution in [0.5, 0.6) is 0 Å². The zero-order valence-corrected chi connectivity index (χ0v) is 18.3. The van der Waals surface area contributed by atoms with E-state index in [2.05, 4.69) is 28.5 Å². The van der Waals surface area contributed by atoms with Crippen LogP contribution in [0.15, 0.2) is 54.6 Å². The third-order valence-corrected chi connectivity index (χ3v) is 5.76. The van der Waals surface area contributed by atoms with Crippen LogP contribution in [0.3, 0.4) is 0 Å². The molecule has 2 aromatic carbocycles. The largest absolute Gasteiger partial charge is 0.352 e. The summed E-state index contributed by atoms with van der Waals surface area (Å²) in [6.45, 7) is 6.95. The molecule has 0 bridgehead atoms. The molecule has 1 aromatic heterocycles. The molecular weight excluding hydrogens is 399 g/mol. The van der Waals surface area contributed by atoms with Crippen LogP contribution in [-0.4, -0.2) is 27.9 Å². The third-order valence-electron chi connectivity index (χ3n) is 4.94. The SMILES string of the molecule is CC(C)C(C)NC(=O)CN(Cc1ccccc1)c1nc(Cc2ccc(F)cc2)ns1. The molecule has 158 valence electrons. The predicted octanol–water partition coefficient (Wildman–Crippen LogP) is 4.44. The summed E-state index contributed by atoms with van der Waals surface area (Å²) in [7, 11) is 0. The van der Waals surface area contributed by atoms with Crippen molar-refractivity contribution in [1.82, 2.24) is 14.7 Å². The number of hydrogen-bond acceptors (Lipinski definition) is 5. The number of carbonyl (C=O) groups is 1. The van der Waals surface area contributed by atoms with Gasteiger partial charge in [-0.15, -0.1) is 0 Å². The number of benzene rings is 2. The van der Waals surface area contributed by atoms with Crippen molar-refractivity contribution in [3.63, 3.8) is 0 Å². The summed E-state index contributed by atoms with van der Waals surface area (Å²) < 4.78 is 17.6. The molecule has 0 fully saturated rings. The average Bonchev–Trinajstić information content (AvgIpc) is 3.18. The van der Waals surface area contributed by atoms with Crippen LogP contribution in [0.25, 0.3) is 0 Å². The zero-order chi connectivity index (χ0) is 21.5. The summed E-state index contributed by atoms with van der Waals surface area (Å²) >= 11 is 1.28. The Morgan fingerprint density at radius 3 is 2.43 bits per heavy atom. The molecule has 30 heavy (non-hydrogen) atoms. The Hall–Kier alpha value is -2.80. The fraction of sp³-hybridized carbons (Fsp3) is 0.348. The van der Waals surface area contributed by atoms with Gasteiger partial charge < -0.3 is 10.2 Å². The minimum atomic E-state index is -0.263. The minimum absolute atomic E-state index is 0.0394. The Labute approximate surface area is 181 Å². The van der Waals surface area contributed by atoms with Gasteiger partial charge in [-0.1, -0.05) is 56.3 Å². The minimum Gasteiger partial charge on any atom is -0.352 e. The lowest BCUT2D eigenvalue weighted by Gasteiger charge is -2.23. The molecule has 1 unspecified atom stereocenters. The third kappa shape index (κ3) is 6.35. The first kappa shape index (κ1) is 21.9. The number of amides is 1. The van der Waals surface area contributed by atoms with E-state index in [0.29, 0.717) is 29.8 Å². The number of nitrogens with one attached hydrogen (secondary N) is 1. The Bertz CT molecular complexity index is 943. The Kier molecular flexibility index (Phi) is 7.52. The first-order chi connectivity index (χ1) is 14.4.